The average molecular weight is 442 g/mol. The molecule has 0 bridgehead atoms. The van der Waals surface area contributed by atoms with Crippen LogP contribution in [-0.4, -0.2) is 29.4 Å². The van der Waals surface area contributed by atoms with Gasteiger partial charge in [0.25, 0.3) is 11.5 Å². The number of aromatic nitrogens is 1. The van der Waals surface area contributed by atoms with Gasteiger partial charge in [-0.25, -0.2) is 4.79 Å². The number of ether oxygens (including phenoxy) is 1. The van der Waals surface area contributed by atoms with Crippen molar-refractivity contribution in [1.82, 2.24) is 9.88 Å². The van der Waals surface area contributed by atoms with Crippen LogP contribution in [0, 0.1) is 5.92 Å². The Kier molecular flexibility index (Phi) is 7.78. The molecule has 172 valence electrons. The molecule has 0 aliphatic heterocycles. The lowest BCUT2D eigenvalue weighted by Crippen LogP contribution is -2.39. The molecule has 2 aliphatic carbocycles. The Hall–Kier alpha value is -2.32. The van der Waals surface area contributed by atoms with Crippen molar-refractivity contribution in [3.63, 3.8) is 0 Å². The first-order valence-corrected chi connectivity index (χ1v) is 11.1. The van der Waals surface area contributed by atoms with E-state index in [0.717, 1.165) is 75.5 Å². The Balaban J connectivity index is 1.86. The summed E-state index contributed by atoms with van der Waals surface area (Å²) in [5.41, 5.74) is 1.35. The van der Waals surface area contributed by atoms with E-state index in [0.29, 0.717) is 12.5 Å². The number of fused-ring (bicyclic) bond motifs is 1. The second kappa shape index (κ2) is 10.3. The zero-order valence-electron chi connectivity index (χ0n) is 17.6. The molecule has 0 spiro atoms. The van der Waals surface area contributed by atoms with Gasteiger partial charge in [0, 0.05) is 12.2 Å². The SMILES string of the molecule is O=C(CNC(=O)c1cc2c(n(CC3CCCCC3)c1=O)CCCCCC2)OC(F)(F)F. The molecule has 6 nitrogen and oxygen atoms in total. The highest BCUT2D eigenvalue weighted by Gasteiger charge is 2.34. The van der Waals surface area contributed by atoms with Crippen LogP contribution in [0.5, 0.6) is 0 Å². The van der Waals surface area contributed by atoms with E-state index < -0.39 is 30.3 Å². The molecule has 0 aromatic carbocycles. The van der Waals surface area contributed by atoms with Gasteiger partial charge in [-0.3, -0.25) is 9.59 Å². The predicted octanol–water partition coefficient (Wildman–Crippen LogP) is 3.88. The smallest absolute Gasteiger partial charge is 0.372 e. The van der Waals surface area contributed by atoms with Crippen LogP contribution < -0.4 is 10.9 Å². The molecule has 1 aromatic rings. The number of pyridine rings is 1. The fourth-order valence-corrected chi connectivity index (χ4v) is 4.63. The molecule has 1 amide bonds. The summed E-state index contributed by atoms with van der Waals surface area (Å²) in [6.07, 6.45) is 6.05. The number of amides is 1. The van der Waals surface area contributed by atoms with Crippen LogP contribution in [0.3, 0.4) is 0 Å². The maximum atomic E-state index is 13.2. The molecule has 1 saturated carbocycles. The lowest BCUT2D eigenvalue weighted by atomic mass is 9.88. The van der Waals surface area contributed by atoms with E-state index in [4.69, 9.17) is 0 Å². The van der Waals surface area contributed by atoms with Crippen molar-refractivity contribution in [2.75, 3.05) is 6.54 Å². The van der Waals surface area contributed by atoms with Gasteiger partial charge in [-0.15, -0.1) is 13.2 Å². The molecule has 1 fully saturated rings. The quantitative estimate of drug-likeness (QED) is 0.702. The number of aryl methyl sites for hydroxylation is 1. The van der Waals surface area contributed by atoms with Crippen LogP contribution in [0.4, 0.5) is 13.2 Å². The number of alkyl halides is 3. The lowest BCUT2D eigenvalue weighted by molar-refractivity contribution is -0.305. The van der Waals surface area contributed by atoms with Crippen LogP contribution in [0.1, 0.15) is 79.4 Å². The van der Waals surface area contributed by atoms with Crippen LogP contribution in [0.2, 0.25) is 0 Å². The van der Waals surface area contributed by atoms with Crippen LogP contribution in [0.15, 0.2) is 10.9 Å². The van der Waals surface area contributed by atoms with Crippen molar-refractivity contribution in [2.45, 2.75) is 83.5 Å². The number of carbonyl (C=O) groups is 2. The third kappa shape index (κ3) is 6.58. The zero-order chi connectivity index (χ0) is 22.4. The summed E-state index contributed by atoms with van der Waals surface area (Å²) in [5.74, 6) is -2.11. The van der Waals surface area contributed by atoms with E-state index in [1.165, 1.54) is 6.42 Å². The average Bonchev–Trinajstić information content (AvgIpc) is 2.69. The van der Waals surface area contributed by atoms with Crippen molar-refractivity contribution in [3.05, 3.63) is 33.2 Å². The highest BCUT2D eigenvalue weighted by atomic mass is 19.4. The number of carbonyl (C=O) groups excluding carboxylic acids is 2. The lowest BCUT2D eigenvalue weighted by Gasteiger charge is -2.26. The Morgan fingerprint density at radius 3 is 2.35 bits per heavy atom. The molecule has 1 N–H and O–H groups in total. The van der Waals surface area contributed by atoms with E-state index in [2.05, 4.69) is 10.1 Å². The molecule has 0 radical (unpaired) electrons. The van der Waals surface area contributed by atoms with Crippen LogP contribution in [-0.2, 0) is 28.9 Å². The van der Waals surface area contributed by atoms with E-state index in [1.54, 1.807) is 10.6 Å². The van der Waals surface area contributed by atoms with Crippen molar-refractivity contribution in [3.8, 4) is 0 Å². The summed E-state index contributed by atoms with van der Waals surface area (Å²) in [6, 6.07) is 1.56. The van der Waals surface area contributed by atoms with Crippen molar-refractivity contribution in [1.29, 1.82) is 0 Å². The second-order valence-corrected chi connectivity index (χ2v) is 8.47. The predicted molar refractivity (Wildman–Crippen MR) is 108 cm³/mol. The first-order valence-electron chi connectivity index (χ1n) is 11.1. The standard InChI is InChI=1S/C22H29F3N2O4/c23-22(24,25)31-19(28)13-26-20(29)17-12-16-10-6-1-2-7-11-18(16)27(21(17)30)14-15-8-4-3-5-9-15/h12,15H,1-11,13-14H2,(H,26,29). The molecule has 9 heteroatoms. The van der Waals surface area contributed by atoms with Gasteiger partial charge in [-0.2, -0.15) is 0 Å². The molecule has 2 aliphatic rings. The van der Waals surface area contributed by atoms with Gasteiger partial charge in [0.15, 0.2) is 0 Å². The molecule has 3 rings (SSSR count). The van der Waals surface area contributed by atoms with Gasteiger partial charge >= 0.3 is 12.3 Å². The number of esters is 1. The van der Waals surface area contributed by atoms with Crippen LogP contribution >= 0.6 is 0 Å². The number of hydrogen-bond donors (Lipinski definition) is 1. The third-order valence-corrected chi connectivity index (χ3v) is 6.13. The molecule has 0 unspecified atom stereocenters. The first kappa shape index (κ1) is 23.3. The minimum Gasteiger partial charge on any atom is -0.372 e. The molecule has 1 heterocycles. The summed E-state index contributed by atoms with van der Waals surface area (Å²) in [7, 11) is 0. The molecule has 1 aromatic heterocycles. The minimum absolute atomic E-state index is 0.130. The third-order valence-electron chi connectivity index (χ3n) is 6.13. The van der Waals surface area contributed by atoms with Gasteiger partial charge in [0.1, 0.15) is 12.1 Å². The summed E-state index contributed by atoms with van der Waals surface area (Å²) in [4.78, 5) is 37.1. The summed E-state index contributed by atoms with van der Waals surface area (Å²) < 4.78 is 41.4. The largest absolute Gasteiger partial charge is 0.575 e. The molecule has 0 atom stereocenters. The Labute approximate surface area is 179 Å². The summed E-state index contributed by atoms with van der Waals surface area (Å²) in [5, 5.41) is 2.10. The van der Waals surface area contributed by atoms with E-state index in [1.807, 2.05) is 0 Å². The zero-order valence-corrected chi connectivity index (χ0v) is 17.6. The fourth-order valence-electron chi connectivity index (χ4n) is 4.63. The normalized spacial score (nSPS) is 17.9. The highest BCUT2D eigenvalue weighted by Crippen LogP contribution is 2.27. The fraction of sp³-hybridized carbons (Fsp3) is 0.682. The number of rotatable bonds is 5. The number of nitrogens with zero attached hydrogens (tertiary/aromatic N) is 1. The van der Waals surface area contributed by atoms with E-state index >= 15 is 0 Å². The molecule has 31 heavy (non-hydrogen) atoms. The van der Waals surface area contributed by atoms with Gasteiger partial charge < -0.3 is 14.6 Å². The topological polar surface area (TPSA) is 77.4 Å². The van der Waals surface area contributed by atoms with Gasteiger partial charge in [-0.1, -0.05) is 32.1 Å². The molecule has 0 saturated heterocycles. The maximum absolute atomic E-state index is 13.2. The maximum Gasteiger partial charge on any atom is 0.575 e. The number of hydrogen-bond acceptors (Lipinski definition) is 4. The van der Waals surface area contributed by atoms with Gasteiger partial charge in [0.05, 0.1) is 0 Å². The van der Waals surface area contributed by atoms with E-state index in [-0.39, 0.29) is 5.56 Å². The minimum atomic E-state index is -5.11. The Bertz CT molecular complexity index is 858. The van der Waals surface area contributed by atoms with Crippen LogP contribution in [0.25, 0.3) is 0 Å². The number of nitrogens with one attached hydrogen (secondary N) is 1. The monoisotopic (exact) mass is 442 g/mol. The first-order chi connectivity index (χ1) is 14.7. The summed E-state index contributed by atoms with van der Waals surface area (Å²) in [6.45, 7) is -0.407. The second-order valence-electron chi connectivity index (χ2n) is 8.47. The summed E-state index contributed by atoms with van der Waals surface area (Å²) >= 11 is 0. The van der Waals surface area contributed by atoms with Crippen molar-refractivity contribution < 1.29 is 27.5 Å². The van der Waals surface area contributed by atoms with E-state index in [9.17, 15) is 27.6 Å². The van der Waals surface area contributed by atoms with Gasteiger partial charge in [0.2, 0.25) is 0 Å². The molecular weight excluding hydrogens is 413 g/mol. The highest BCUT2D eigenvalue weighted by molar-refractivity contribution is 5.95. The van der Waals surface area contributed by atoms with Gasteiger partial charge in [-0.05, 0) is 56.1 Å². The van der Waals surface area contributed by atoms with Crippen molar-refractivity contribution in [2.24, 2.45) is 5.92 Å². The van der Waals surface area contributed by atoms with Crippen molar-refractivity contribution >= 4 is 11.9 Å². The molecular formula is C22H29F3N2O4. The number of halogens is 3. The Morgan fingerprint density at radius 2 is 1.68 bits per heavy atom. The Morgan fingerprint density at radius 1 is 1.03 bits per heavy atom.